The molecule has 1 atom stereocenters. The van der Waals surface area contributed by atoms with Crippen molar-refractivity contribution >= 4 is 11.7 Å². The molecule has 1 aromatic rings. The molecule has 1 N–H and O–H groups in total. The van der Waals surface area contributed by atoms with Gasteiger partial charge < -0.3 is 14.8 Å². The third-order valence-corrected chi connectivity index (χ3v) is 3.69. The lowest BCUT2D eigenvalue weighted by molar-refractivity contribution is -0.0301. The zero-order valence-electron chi connectivity index (χ0n) is 13.2. The van der Waals surface area contributed by atoms with E-state index in [9.17, 15) is 4.79 Å². The molecule has 0 radical (unpaired) electrons. The van der Waals surface area contributed by atoms with Gasteiger partial charge in [-0.15, -0.1) is 0 Å². The second kappa shape index (κ2) is 6.35. The van der Waals surface area contributed by atoms with Crippen LogP contribution in [0, 0.1) is 0 Å². The molecule has 2 rings (SSSR count). The number of para-hydroxylation sites is 2. The van der Waals surface area contributed by atoms with Gasteiger partial charge >= 0.3 is 6.03 Å². The van der Waals surface area contributed by atoms with E-state index in [0.29, 0.717) is 24.7 Å². The normalized spacial score (nSPS) is 20.4. The number of nitrogens with zero attached hydrogens (tertiary/aromatic N) is 1. The topological polar surface area (TPSA) is 50.8 Å². The lowest BCUT2D eigenvalue weighted by Crippen LogP contribution is -2.49. The summed E-state index contributed by atoms with van der Waals surface area (Å²) >= 11 is 0. The van der Waals surface area contributed by atoms with E-state index in [1.807, 2.05) is 45.0 Å². The summed E-state index contributed by atoms with van der Waals surface area (Å²) in [5, 5.41) is 2.94. The number of hydrogen-bond donors (Lipinski definition) is 1. The van der Waals surface area contributed by atoms with Gasteiger partial charge in [-0.3, -0.25) is 4.90 Å². The molecule has 1 aromatic carbocycles. The van der Waals surface area contributed by atoms with E-state index in [1.165, 1.54) is 0 Å². The molecule has 1 aliphatic rings. The minimum absolute atomic E-state index is 0.0965. The van der Waals surface area contributed by atoms with Gasteiger partial charge in [-0.2, -0.15) is 0 Å². The van der Waals surface area contributed by atoms with Crippen LogP contribution in [0.4, 0.5) is 10.5 Å². The summed E-state index contributed by atoms with van der Waals surface area (Å²) in [7, 11) is 0. The highest BCUT2D eigenvalue weighted by Gasteiger charge is 2.43. The predicted octanol–water partition coefficient (Wildman–Crippen LogP) is 3.46. The Morgan fingerprint density at radius 2 is 2.14 bits per heavy atom. The Kier molecular flexibility index (Phi) is 4.73. The van der Waals surface area contributed by atoms with Crippen molar-refractivity contribution in [3.63, 3.8) is 0 Å². The number of ether oxygens (including phenoxy) is 2. The molecule has 5 heteroatoms. The highest BCUT2D eigenvalue weighted by Crippen LogP contribution is 2.31. The second-order valence-corrected chi connectivity index (χ2v) is 5.55. The molecular weight excluding hydrogens is 268 g/mol. The summed E-state index contributed by atoms with van der Waals surface area (Å²) in [5.74, 6) is 0.680. The van der Waals surface area contributed by atoms with Crippen LogP contribution in [0.5, 0.6) is 5.75 Å². The van der Waals surface area contributed by atoms with Crippen molar-refractivity contribution in [1.29, 1.82) is 0 Å². The third kappa shape index (κ3) is 3.29. The Hall–Kier alpha value is -1.75. The Morgan fingerprint density at radius 3 is 2.81 bits per heavy atom. The fourth-order valence-electron chi connectivity index (χ4n) is 2.62. The Labute approximate surface area is 126 Å². The number of nitrogens with one attached hydrogen (secondary N) is 1. The number of carbonyl (C=O) groups excluding carboxylic acids is 1. The number of hydrogen-bond acceptors (Lipinski definition) is 3. The SMILES string of the molecule is CCOc1ccccc1NC(=O)N1C(CC)COC1(C)C. The Morgan fingerprint density at radius 1 is 1.43 bits per heavy atom. The quantitative estimate of drug-likeness (QED) is 0.924. The van der Waals surface area contributed by atoms with Crippen molar-refractivity contribution < 1.29 is 14.3 Å². The number of benzene rings is 1. The van der Waals surface area contributed by atoms with Crippen LogP contribution in [0.1, 0.15) is 34.1 Å². The highest BCUT2D eigenvalue weighted by molar-refractivity contribution is 5.91. The smallest absolute Gasteiger partial charge is 0.324 e. The molecule has 0 bridgehead atoms. The maximum atomic E-state index is 12.6. The number of amides is 2. The fraction of sp³-hybridized carbons (Fsp3) is 0.562. The summed E-state index contributed by atoms with van der Waals surface area (Å²) in [6, 6.07) is 7.39. The molecule has 5 nitrogen and oxygen atoms in total. The zero-order chi connectivity index (χ0) is 15.5. The first kappa shape index (κ1) is 15.6. The molecule has 1 fully saturated rings. The van der Waals surface area contributed by atoms with E-state index in [4.69, 9.17) is 9.47 Å². The number of urea groups is 1. The van der Waals surface area contributed by atoms with Crippen molar-refractivity contribution in [1.82, 2.24) is 4.90 Å². The molecule has 0 spiro atoms. The van der Waals surface area contributed by atoms with Crippen LogP contribution in [-0.4, -0.2) is 35.9 Å². The van der Waals surface area contributed by atoms with Gasteiger partial charge in [0.1, 0.15) is 11.5 Å². The molecule has 0 saturated carbocycles. The van der Waals surface area contributed by atoms with Gasteiger partial charge in [0.05, 0.1) is 24.9 Å². The van der Waals surface area contributed by atoms with E-state index < -0.39 is 5.72 Å². The highest BCUT2D eigenvalue weighted by atomic mass is 16.5. The van der Waals surface area contributed by atoms with Gasteiger partial charge in [-0.05, 0) is 39.3 Å². The largest absolute Gasteiger partial charge is 0.492 e. The van der Waals surface area contributed by atoms with Crippen LogP contribution in [0.15, 0.2) is 24.3 Å². The molecule has 0 aromatic heterocycles. The lowest BCUT2D eigenvalue weighted by Gasteiger charge is -2.33. The second-order valence-electron chi connectivity index (χ2n) is 5.55. The zero-order valence-corrected chi connectivity index (χ0v) is 13.2. The van der Waals surface area contributed by atoms with E-state index in [1.54, 1.807) is 4.90 Å². The van der Waals surface area contributed by atoms with Crippen molar-refractivity contribution in [3.8, 4) is 5.75 Å². The van der Waals surface area contributed by atoms with Gasteiger partial charge in [0.2, 0.25) is 0 Å². The first-order valence-electron chi connectivity index (χ1n) is 7.45. The monoisotopic (exact) mass is 292 g/mol. The van der Waals surface area contributed by atoms with E-state index in [0.717, 1.165) is 6.42 Å². The first-order chi connectivity index (χ1) is 9.99. The molecule has 0 aliphatic carbocycles. The Balaban J connectivity index is 2.17. The van der Waals surface area contributed by atoms with E-state index >= 15 is 0 Å². The molecule has 1 unspecified atom stereocenters. The van der Waals surface area contributed by atoms with E-state index in [2.05, 4.69) is 12.2 Å². The van der Waals surface area contributed by atoms with Gasteiger partial charge in [0, 0.05) is 0 Å². The first-order valence-corrected chi connectivity index (χ1v) is 7.45. The van der Waals surface area contributed by atoms with Crippen molar-refractivity contribution in [2.45, 2.75) is 45.9 Å². The molecular formula is C16H24N2O3. The average molecular weight is 292 g/mol. The number of anilines is 1. The number of rotatable bonds is 4. The summed E-state index contributed by atoms with van der Waals surface area (Å²) < 4.78 is 11.3. The van der Waals surface area contributed by atoms with Crippen LogP contribution < -0.4 is 10.1 Å². The summed E-state index contributed by atoms with van der Waals surface area (Å²) in [6.07, 6.45) is 0.865. The maximum Gasteiger partial charge on any atom is 0.324 e. The maximum absolute atomic E-state index is 12.6. The number of carbonyl (C=O) groups is 1. The predicted molar refractivity (Wildman–Crippen MR) is 82.6 cm³/mol. The summed E-state index contributed by atoms with van der Waals surface area (Å²) in [5.41, 5.74) is 0.0904. The van der Waals surface area contributed by atoms with Gasteiger partial charge in [-0.25, -0.2) is 4.79 Å². The molecule has 116 valence electrons. The summed E-state index contributed by atoms with van der Waals surface area (Å²) in [4.78, 5) is 14.4. The van der Waals surface area contributed by atoms with Crippen LogP contribution in [-0.2, 0) is 4.74 Å². The molecule has 2 amide bonds. The fourth-order valence-corrected chi connectivity index (χ4v) is 2.62. The van der Waals surface area contributed by atoms with Crippen LogP contribution in [0.25, 0.3) is 0 Å². The van der Waals surface area contributed by atoms with Gasteiger partial charge in [0.25, 0.3) is 0 Å². The lowest BCUT2D eigenvalue weighted by atomic mass is 10.2. The van der Waals surface area contributed by atoms with Crippen molar-refractivity contribution in [2.75, 3.05) is 18.5 Å². The van der Waals surface area contributed by atoms with Crippen molar-refractivity contribution in [3.05, 3.63) is 24.3 Å². The van der Waals surface area contributed by atoms with Crippen molar-refractivity contribution in [2.24, 2.45) is 0 Å². The average Bonchev–Trinajstić information content (AvgIpc) is 2.76. The minimum Gasteiger partial charge on any atom is -0.492 e. The third-order valence-electron chi connectivity index (χ3n) is 3.69. The summed E-state index contributed by atoms with van der Waals surface area (Å²) in [6.45, 7) is 8.94. The standard InChI is InChI=1S/C16H24N2O3/c1-5-12-11-21-16(3,4)18(12)15(19)17-13-9-7-8-10-14(13)20-6-2/h7-10,12H,5-6,11H2,1-4H3,(H,17,19). The van der Waals surface area contributed by atoms with Crippen LogP contribution in [0.3, 0.4) is 0 Å². The Bertz CT molecular complexity index is 502. The molecule has 1 aliphatic heterocycles. The van der Waals surface area contributed by atoms with Crippen LogP contribution in [0.2, 0.25) is 0 Å². The molecule has 21 heavy (non-hydrogen) atoms. The van der Waals surface area contributed by atoms with Crippen LogP contribution >= 0.6 is 0 Å². The van der Waals surface area contributed by atoms with Gasteiger partial charge in [0.15, 0.2) is 0 Å². The minimum atomic E-state index is -0.592. The molecule has 1 heterocycles. The van der Waals surface area contributed by atoms with E-state index in [-0.39, 0.29) is 12.1 Å². The molecule has 1 saturated heterocycles. The van der Waals surface area contributed by atoms with Gasteiger partial charge in [-0.1, -0.05) is 19.1 Å².